The van der Waals surface area contributed by atoms with Crippen LogP contribution >= 0.6 is 27.9 Å². The molecule has 0 aliphatic carbocycles. The van der Waals surface area contributed by atoms with Crippen molar-refractivity contribution in [2.75, 3.05) is 0 Å². The Bertz CT molecular complexity index is 342. The lowest BCUT2D eigenvalue weighted by atomic mass is 10.1. The van der Waals surface area contributed by atoms with Gasteiger partial charge in [-0.3, -0.25) is 4.79 Å². The Morgan fingerprint density at radius 1 is 1.47 bits per heavy atom. The summed E-state index contributed by atoms with van der Waals surface area (Å²) in [6, 6.07) is 5.45. The normalized spacial score (nSPS) is 12.7. The molecule has 0 fully saturated rings. The number of benzene rings is 1. The average Bonchev–Trinajstić information content (AvgIpc) is 2.15. The molecule has 0 radical (unpaired) electrons. The summed E-state index contributed by atoms with van der Waals surface area (Å²) in [6.45, 7) is 0. The zero-order valence-electron chi connectivity index (χ0n) is 7.60. The number of phenolic OH excluding ortho intramolecular Hbond substituents is 1. The number of phenols is 1. The second-order valence-electron chi connectivity index (χ2n) is 2.98. The van der Waals surface area contributed by atoms with Gasteiger partial charge >= 0.3 is 5.97 Å². The second kappa shape index (κ2) is 5.34. The number of hydrogen-bond acceptors (Lipinski definition) is 3. The van der Waals surface area contributed by atoms with Crippen molar-refractivity contribution in [1.29, 1.82) is 0 Å². The van der Waals surface area contributed by atoms with Gasteiger partial charge in [0.2, 0.25) is 0 Å². The van der Waals surface area contributed by atoms with Gasteiger partial charge in [-0.2, -0.15) is 0 Å². The summed E-state index contributed by atoms with van der Waals surface area (Å²) in [4.78, 5) is 10.8. The maximum absolute atomic E-state index is 10.8. The molecule has 0 aromatic heterocycles. The van der Waals surface area contributed by atoms with Gasteiger partial charge in [0.15, 0.2) is 0 Å². The fourth-order valence-electron chi connectivity index (χ4n) is 1.10. The monoisotopic (exact) mass is 293 g/mol. The van der Waals surface area contributed by atoms with Crippen LogP contribution in [-0.4, -0.2) is 25.7 Å². The van der Waals surface area contributed by atoms with E-state index >= 15 is 0 Å². The number of halogens is 2. The molecule has 1 atom stereocenters. The maximum Gasteiger partial charge on any atom is 0.323 e. The van der Waals surface area contributed by atoms with Gasteiger partial charge < -0.3 is 10.2 Å². The molecular formula is C9H9BrClNO3. The summed E-state index contributed by atoms with van der Waals surface area (Å²) in [5.41, 5.74) is 0.783. The topological polar surface area (TPSA) is 60.8 Å². The Morgan fingerprint density at radius 2 is 2.00 bits per heavy atom. The highest BCUT2D eigenvalue weighted by atomic mass is 79.9. The molecule has 1 aromatic carbocycles. The molecule has 0 bridgehead atoms. The van der Waals surface area contributed by atoms with Crippen LogP contribution in [0.15, 0.2) is 24.3 Å². The third-order valence-corrected chi connectivity index (χ3v) is 2.62. The molecule has 15 heavy (non-hydrogen) atoms. The van der Waals surface area contributed by atoms with E-state index in [0.717, 1.165) is 9.01 Å². The van der Waals surface area contributed by atoms with Gasteiger partial charge in [-0.25, -0.2) is 0 Å². The number of carbonyl (C=O) groups is 1. The van der Waals surface area contributed by atoms with Crippen molar-refractivity contribution in [2.45, 2.75) is 12.5 Å². The van der Waals surface area contributed by atoms with E-state index < -0.39 is 12.0 Å². The summed E-state index contributed by atoms with van der Waals surface area (Å²) >= 11 is 8.42. The van der Waals surface area contributed by atoms with Crippen molar-refractivity contribution in [3.05, 3.63) is 29.8 Å². The lowest BCUT2D eigenvalue weighted by molar-refractivity contribution is -0.140. The number of aliphatic carboxylic acids is 1. The minimum Gasteiger partial charge on any atom is -0.508 e. The van der Waals surface area contributed by atoms with Gasteiger partial charge in [0.1, 0.15) is 11.8 Å². The lowest BCUT2D eigenvalue weighted by Crippen LogP contribution is -2.31. The largest absolute Gasteiger partial charge is 0.508 e. The van der Waals surface area contributed by atoms with Crippen LogP contribution in [0.5, 0.6) is 5.75 Å². The molecule has 0 saturated carbocycles. The molecule has 1 unspecified atom stereocenters. The summed E-state index contributed by atoms with van der Waals surface area (Å²) < 4.78 is 0.947. The van der Waals surface area contributed by atoms with Crippen LogP contribution in [0.1, 0.15) is 5.56 Å². The predicted molar refractivity (Wildman–Crippen MR) is 59.9 cm³/mol. The summed E-state index contributed by atoms with van der Waals surface area (Å²) in [5.74, 6) is -0.873. The Labute approximate surface area is 101 Å². The number of nitrogens with zero attached hydrogens (tertiary/aromatic N) is 1. The van der Waals surface area contributed by atoms with Gasteiger partial charge in [-0.1, -0.05) is 12.1 Å². The third-order valence-electron chi connectivity index (χ3n) is 1.89. The number of hydrogen-bond donors (Lipinski definition) is 2. The van der Waals surface area contributed by atoms with Crippen LogP contribution in [0.4, 0.5) is 0 Å². The third kappa shape index (κ3) is 3.70. The molecule has 2 N–H and O–H groups in total. The highest BCUT2D eigenvalue weighted by Gasteiger charge is 2.23. The fourth-order valence-corrected chi connectivity index (χ4v) is 1.57. The molecule has 0 saturated heterocycles. The summed E-state index contributed by atoms with van der Waals surface area (Å²) in [7, 11) is 0. The van der Waals surface area contributed by atoms with Crippen molar-refractivity contribution in [2.24, 2.45) is 0 Å². The Hall–Kier alpha value is -0.780. The molecular weight excluding hydrogens is 285 g/mol. The van der Waals surface area contributed by atoms with Gasteiger partial charge in [0, 0.05) is 22.6 Å². The highest BCUT2D eigenvalue weighted by Crippen LogP contribution is 2.17. The van der Waals surface area contributed by atoms with Crippen molar-refractivity contribution in [3.63, 3.8) is 0 Å². The second-order valence-corrected chi connectivity index (χ2v) is 4.52. The van der Waals surface area contributed by atoms with Crippen LogP contribution in [-0.2, 0) is 11.2 Å². The number of carboxylic acids is 1. The van der Waals surface area contributed by atoms with E-state index in [1.54, 1.807) is 12.1 Å². The van der Waals surface area contributed by atoms with Gasteiger partial charge in [-0.05, 0) is 29.5 Å². The molecule has 0 heterocycles. The molecule has 82 valence electrons. The molecule has 0 aliphatic heterocycles. The SMILES string of the molecule is O=C(O)C(Cc1ccc(O)cc1)N(Cl)Br. The number of rotatable bonds is 4. The van der Waals surface area contributed by atoms with Gasteiger partial charge in [0.05, 0.1) is 0 Å². The minimum atomic E-state index is -1.02. The average molecular weight is 295 g/mol. The molecule has 1 rings (SSSR count). The van der Waals surface area contributed by atoms with Crippen LogP contribution < -0.4 is 0 Å². The first kappa shape index (κ1) is 12.3. The van der Waals surface area contributed by atoms with Crippen LogP contribution in [0.25, 0.3) is 0 Å². The smallest absolute Gasteiger partial charge is 0.323 e. The standard InChI is InChI=1S/C9H9BrClNO3/c10-12(11)8(9(14)15)5-6-1-3-7(13)4-2-6/h1-4,8,13H,5H2,(H,14,15). The van der Waals surface area contributed by atoms with E-state index in [0.29, 0.717) is 0 Å². The van der Waals surface area contributed by atoms with Crippen LogP contribution in [0.3, 0.4) is 0 Å². The van der Waals surface area contributed by atoms with Crippen molar-refractivity contribution in [1.82, 2.24) is 3.45 Å². The Kier molecular flexibility index (Phi) is 4.38. The van der Waals surface area contributed by atoms with E-state index in [1.165, 1.54) is 12.1 Å². The molecule has 4 nitrogen and oxygen atoms in total. The first-order chi connectivity index (χ1) is 7.00. The Balaban J connectivity index is 2.74. The first-order valence-electron chi connectivity index (χ1n) is 4.12. The molecule has 1 aromatic rings. The van der Waals surface area contributed by atoms with Crippen molar-refractivity contribution < 1.29 is 15.0 Å². The van der Waals surface area contributed by atoms with E-state index in [-0.39, 0.29) is 12.2 Å². The predicted octanol–water partition coefficient (Wildman–Crippen LogP) is 2.15. The van der Waals surface area contributed by atoms with E-state index in [2.05, 4.69) is 16.1 Å². The zero-order chi connectivity index (χ0) is 11.4. The molecule has 0 spiro atoms. The number of carboxylic acid groups (broad SMARTS) is 1. The summed E-state index contributed by atoms with van der Waals surface area (Å²) in [6.07, 6.45) is 0.254. The minimum absolute atomic E-state index is 0.146. The van der Waals surface area contributed by atoms with Gasteiger partial charge in [-0.15, -0.1) is 3.45 Å². The van der Waals surface area contributed by atoms with Crippen LogP contribution in [0.2, 0.25) is 0 Å². The van der Waals surface area contributed by atoms with Crippen LogP contribution in [0, 0.1) is 0 Å². The quantitative estimate of drug-likeness (QED) is 0.835. The van der Waals surface area contributed by atoms with Gasteiger partial charge in [0.25, 0.3) is 0 Å². The molecule has 0 aliphatic rings. The molecule has 6 heteroatoms. The highest BCUT2D eigenvalue weighted by molar-refractivity contribution is 9.08. The Morgan fingerprint density at radius 3 is 2.40 bits per heavy atom. The van der Waals surface area contributed by atoms with Crippen molar-refractivity contribution >= 4 is 33.9 Å². The van der Waals surface area contributed by atoms with Crippen molar-refractivity contribution in [3.8, 4) is 5.75 Å². The summed E-state index contributed by atoms with van der Waals surface area (Å²) in [5, 5.41) is 17.9. The van der Waals surface area contributed by atoms with E-state index in [9.17, 15) is 4.79 Å². The fraction of sp³-hybridized carbons (Fsp3) is 0.222. The van der Waals surface area contributed by atoms with E-state index in [1.807, 2.05) is 0 Å². The lowest BCUT2D eigenvalue weighted by Gasteiger charge is -2.15. The maximum atomic E-state index is 10.8. The zero-order valence-corrected chi connectivity index (χ0v) is 9.94. The first-order valence-corrected chi connectivity index (χ1v) is 5.17. The number of aromatic hydroxyl groups is 1. The molecule has 0 amide bonds. The van der Waals surface area contributed by atoms with E-state index in [4.69, 9.17) is 22.0 Å².